The lowest BCUT2D eigenvalue weighted by molar-refractivity contribution is 0.922. The van der Waals surface area contributed by atoms with Gasteiger partial charge in [-0.3, -0.25) is 9.38 Å². The first-order chi connectivity index (χ1) is 12.9. The number of nitrogens with zero attached hydrogens (tertiary/aromatic N) is 4. The van der Waals surface area contributed by atoms with Gasteiger partial charge in [-0.05, 0) is 59.3 Å². The molecule has 0 unspecified atom stereocenters. The molecule has 0 radical (unpaired) electrons. The number of fused-ring (bicyclic) bond motifs is 2. The van der Waals surface area contributed by atoms with E-state index in [0.717, 1.165) is 32.2 Å². The normalized spacial score (nSPS) is 11.2. The quantitative estimate of drug-likeness (QED) is 0.452. The maximum absolute atomic E-state index is 4.37. The predicted molar refractivity (Wildman–Crippen MR) is 104 cm³/mol. The molecule has 26 heavy (non-hydrogen) atoms. The lowest BCUT2D eigenvalue weighted by Crippen LogP contribution is -1.89. The van der Waals surface area contributed by atoms with Crippen molar-refractivity contribution in [1.82, 2.24) is 19.6 Å². The number of rotatable bonds is 3. The summed E-state index contributed by atoms with van der Waals surface area (Å²) in [5.41, 5.74) is 4.15. The Kier molecular flexibility index (Phi) is 3.65. The zero-order chi connectivity index (χ0) is 17.3. The molecule has 0 saturated carbocycles. The van der Waals surface area contributed by atoms with Crippen LogP contribution in [-0.2, 0) is 0 Å². The summed E-state index contributed by atoms with van der Waals surface area (Å²) in [6, 6.07) is 24.7. The van der Waals surface area contributed by atoms with Crippen LogP contribution in [0.3, 0.4) is 0 Å². The van der Waals surface area contributed by atoms with Crippen molar-refractivity contribution >= 4 is 28.3 Å². The molecule has 4 nitrogen and oxygen atoms in total. The highest BCUT2D eigenvalue weighted by Crippen LogP contribution is 2.30. The molecule has 5 rings (SSSR count). The minimum atomic E-state index is 0.842. The van der Waals surface area contributed by atoms with Crippen molar-refractivity contribution in [3.05, 3.63) is 85.2 Å². The molecule has 3 heterocycles. The highest BCUT2D eigenvalue weighted by molar-refractivity contribution is 7.99. The second-order valence-corrected chi connectivity index (χ2v) is 7.00. The van der Waals surface area contributed by atoms with Crippen LogP contribution in [0, 0.1) is 0 Å². The number of benzene rings is 2. The van der Waals surface area contributed by atoms with E-state index in [9.17, 15) is 0 Å². The van der Waals surface area contributed by atoms with Crippen molar-refractivity contribution in [1.29, 1.82) is 0 Å². The Balaban J connectivity index is 1.55. The first-order valence-electron chi connectivity index (χ1n) is 8.30. The summed E-state index contributed by atoms with van der Waals surface area (Å²) in [7, 11) is 0. The summed E-state index contributed by atoms with van der Waals surface area (Å²) < 4.78 is 2.04. The zero-order valence-electron chi connectivity index (χ0n) is 13.8. The molecule has 2 aromatic carbocycles. The lowest BCUT2D eigenvalue weighted by atomic mass is 10.1. The SMILES string of the molecule is c1ccc(-c2ccc3nnc(Sc4ccc5ncccc5c4)n3c2)cc1. The number of hydrogen-bond donors (Lipinski definition) is 0. The first kappa shape index (κ1) is 15.1. The van der Waals surface area contributed by atoms with Gasteiger partial charge < -0.3 is 0 Å². The largest absolute Gasteiger partial charge is 0.277 e. The van der Waals surface area contributed by atoms with E-state index in [1.165, 1.54) is 5.56 Å². The molecule has 0 atom stereocenters. The molecule has 3 aromatic heterocycles. The van der Waals surface area contributed by atoms with Crippen molar-refractivity contribution in [3.63, 3.8) is 0 Å². The van der Waals surface area contributed by atoms with Crippen LogP contribution in [0.4, 0.5) is 0 Å². The maximum Gasteiger partial charge on any atom is 0.200 e. The molecule has 5 heteroatoms. The van der Waals surface area contributed by atoms with E-state index in [2.05, 4.69) is 57.8 Å². The van der Waals surface area contributed by atoms with Gasteiger partial charge in [-0.25, -0.2) is 0 Å². The molecular weight excluding hydrogens is 340 g/mol. The van der Waals surface area contributed by atoms with E-state index in [4.69, 9.17) is 0 Å². The molecule has 5 aromatic rings. The molecule has 0 saturated heterocycles. The Morgan fingerprint density at radius 1 is 0.769 bits per heavy atom. The molecule has 0 N–H and O–H groups in total. The molecular formula is C21H14N4S. The summed E-state index contributed by atoms with van der Waals surface area (Å²) >= 11 is 1.60. The van der Waals surface area contributed by atoms with Crippen LogP contribution in [0.2, 0.25) is 0 Å². The van der Waals surface area contributed by atoms with Gasteiger partial charge in [0.1, 0.15) is 0 Å². The number of hydrogen-bond acceptors (Lipinski definition) is 4. The molecule has 0 spiro atoms. The summed E-state index contributed by atoms with van der Waals surface area (Å²) in [5.74, 6) is 0. The summed E-state index contributed by atoms with van der Waals surface area (Å²) in [5, 5.41) is 10.6. The van der Waals surface area contributed by atoms with Crippen LogP contribution in [-0.4, -0.2) is 19.6 Å². The van der Waals surface area contributed by atoms with Gasteiger partial charge in [-0.15, -0.1) is 10.2 Å². The topological polar surface area (TPSA) is 43.1 Å². The molecule has 0 bridgehead atoms. The zero-order valence-corrected chi connectivity index (χ0v) is 14.6. The van der Waals surface area contributed by atoms with Gasteiger partial charge in [0.15, 0.2) is 10.8 Å². The predicted octanol–water partition coefficient (Wildman–Crippen LogP) is 5.10. The fourth-order valence-electron chi connectivity index (χ4n) is 2.96. The summed E-state index contributed by atoms with van der Waals surface area (Å²) in [6.07, 6.45) is 3.90. The minimum Gasteiger partial charge on any atom is -0.277 e. The van der Waals surface area contributed by atoms with Crippen LogP contribution in [0.1, 0.15) is 0 Å². The van der Waals surface area contributed by atoms with E-state index in [0.29, 0.717) is 0 Å². The third-order valence-corrected chi connectivity index (χ3v) is 5.21. The second kappa shape index (κ2) is 6.28. The minimum absolute atomic E-state index is 0.842. The van der Waals surface area contributed by atoms with Crippen LogP contribution >= 0.6 is 11.8 Å². The maximum atomic E-state index is 4.37. The molecule has 0 aliphatic carbocycles. The van der Waals surface area contributed by atoms with Crippen LogP contribution in [0.15, 0.2) is 95.2 Å². The van der Waals surface area contributed by atoms with Gasteiger partial charge >= 0.3 is 0 Å². The third-order valence-electron chi connectivity index (χ3n) is 4.26. The Morgan fingerprint density at radius 2 is 1.69 bits per heavy atom. The third kappa shape index (κ3) is 2.72. The Labute approximate surface area is 154 Å². The van der Waals surface area contributed by atoms with Crippen molar-refractivity contribution in [2.75, 3.05) is 0 Å². The average molecular weight is 354 g/mol. The molecule has 0 amide bonds. The lowest BCUT2D eigenvalue weighted by Gasteiger charge is -2.05. The van der Waals surface area contributed by atoms with E-state index < -0.39 is 0 Å². The highest BCUT2D eigenvalue weighted by Gasteiger charge is 2.09. The van der Waals surface area contributed by atoms with Crippen LogP contribution < -0.4 is 0 Å². The van der Waals surface area contributed by atoms with Gasteiger partial charge in [-0.1, -0.05) is 36.4 Å². The molecule has 0 aliphatic heterocycles. The molecule has 0 fully saturated rings. The van der Waals surface area contributed by atoms with Crippen LogP contribution in [0.5, 0.6) is 0 Å². The fraction of sp³-hybridized carbons (Fsp3) is 0. The monoisotopic (exact) mass is 354 g/mol. The second-order valence-electron chi connectivity index (χ2n) is 5.95. The standard InChI is InChI=1S/C21H14N4S/c1-2-5-15(6-3-1)17-8-11-20-23-24-21(25(20)14-17)26-18-9-10-19-16(13-18)7-4-12-22-19/h1-14H. The van der Waals surface area contributed by atoms with E-state index in [-0.39, 0.29) is 0 Å². The van der Waals surface area contributed by atoms with Gasteiger partial charge in [-0.2, -0.15) is 0 Å². The van der Waals surface area contributed by atoms with Crippen molar-refractivity contribution in [3.8, 4) is 11.1 Å². The number of aromatic nitrogens is 4. The highest BCUT2D eigenvalue weighted by atomic mass is 32.2. The Morgan fingerprint density at radius 3 is 2.62 bits per heavy atom. The van der Waals surface area contributed by atoms with Gasteiger partial charge in [0, 0.05) is 22.7 Å². The smallest absolute Gasteiger partial charge is 0.200 e. The first-order valence-corrected chi connectivity index (χ1v) is 9.11. The van der Waals surface area contributed by atoms with Crippen molar-refractivity contribution < 1.29 is 0 Å². The summed E-state index contributed by atoms with van der Waals surface area (Å²) in [4.78, 5) is 5.49. The Bertz CT molecular complexity index is 1210. The van der Waals surface area contributed by atoms with Crippen LogP contribution in [0.25, 0.3) is 27.7 Å². The fourth-order valence-corrected chi connectivity index (χ4v) is 3.82. The molecule has 0 aliphatic rings. The van der Waals surface area contributed by atoms with E-state index >= 15 is 0 Å². The van der Waals surface area contributed by atoms with Gasteiger partial charge in [0.05, 0.1) is 5.52 Å². The molecule has 124 valence electrons. The van der Waals surface area contributed by atoms with Gasteiger partial charge in [0.25, 0.3) is 0 Å². The van der Waals surface area contributed by atoms with Gasteiger partial charge in [0.2, 0.25) is 0 Å². The summed E-state index contributed by atoms with van der Waals surface area (Å²) in [6.45, 7) is 0. The number of pyridine rings is 2. The van der Waals surface area contributed by atoms with E-state index in [1.807, 2.05) is 47.0 Å². The van der Waals surface area contributed by atoms with E-state index in [1.54, 1.807) is 11.8 Å². The Hall–Kier alpha value is -3.18. The van der Waals surface area contributed by atoms with Crippen molar-refractivity contribution in [2.24, 2.45) is 0 Å². The average Bonchev–Trinajstić information content (AvgIpc) is 3.10. The van der Waals surface area contributed by atoms with Crippen molar-refractivity contribution in [2.45, 2.75) is 10.1 Å².